The highest BCUT2D eigenvalue weighted by Gasteiger charge is 2.39. The summed E-state index contributed by atoms with van der Waals surface area (Å²) in [4.78, 5) is 4.46. The molecule has 0 amide bonds. The van der Waals surface area contributed by atoms with Crippen molar-refractivity contribution in [3.63, 3.8) is 0 Å². The summed E-state index contributed by atoms with van der Waals surface area (Å²) in [6.45, 7) is 0.368. The van der Waals surface area contributed by atoms with Gasteiger partial charge in [-0.05, 0) is 31.4 Å². The van der Waals surface area contributed by atoms with Gasteiger partial charge in [-0.2, -0.15) is 4.98 Å². The van der Waals surface area contributed by atoms with Crippen molar-refractivity contribution in [2.75, 3.05) is 13.7 Å². The molecule has 0 spiro atoms. The van der Waals surface area contributed by atoms with E-state index in [1.54, 1.807) is 7.11 Å². The van der Waals surface area contributed by atoms with Gasteiger partial charge in [0.1, 0.15) is 6.61 Å². The molecule has 2 aromatic rings. The number of nitrogens with zero attached hydrogens (tertiary/aromatic N) is 2. The molecular weight excluding hydrogens is 282 g/mol. The fraction of sp³-hybridized carbons (Fsp3) is 0.375. The van der Waals surface area contributed by atoms with Crippen molar-refractivity contribution in [3.8, 4) is 11.5 Å². The third-order valence-corrected chi connectivity index (χ3v) is 4.32. The lowest BCUT2D eigenvalue weighted by Crippen LogP contribution is -2.44. The van der Waals surface area contributed by atoms with Crippen LogP contribution in [0, 0.1) is 0 Å². The molecule has 0 bridgehead atoms. The number of hydrogen-bond acceptors (Lipinski definition) is 6. The molecule has 1 fully saturated rings. The normalized spacial score (nSPS) is 18.7. The van der Waals surface area contributed by atoms with Gasteiger partial charge in [-0.3, -0.25) is 0 Å². The highest BCUT2D eigenvalue weighted by molar-refractivity contribution is 5.83. The predicted octanol–water partition coefficient (Wildman–Crippen LogP) is 2.35. The molecule has 2 aliphatic rings. The Morgan fingerprint density at radius 2 is 2.18 bits per heavy atom. The second-order valence-electron chi connectivity index (χ2n) is 5.77. The van der Waals surface area contributed by atoms with E-state index in [4.69, 9.17) is 19.7 Å². The molecule has 0 unspecified atom stereocenters. The lowest BCUT2D eigenvalue weighted by molar-refractivity contribution is 0.229. The molecule has 22 heavy (non-hydrogen) atoms. The molecule has 6 heteroatoms. The van der Waals surface area contributed by atoms with Crippen molar-refractivity contribution < 1.29 is 14.0 Å². The molecule has 1 aliphatic heterocycles. The number of aromatic nitrogens is 2. The first-order valence-electron chi connectivity index (χ1n) is 7.33. The van der Waals surface area contributed by atoms with Crippen molar-refractivity contribution >= 4 is 11.6 Å². The molecule has 1 aromatic heterocycles. The van der Waals surface area contributed by atoms with Crippen LogP contribution in [-0.2, 0) is 5.54 Å². The fourth-order valence-corrected chi connectivity index (χ4v) is 2.80. The average Bonchev–Trinajstić information content (AvgIpc) is 3.01. The van der Waals surface area contributed by atoms with Crippen LogP contribution >= 0.6 is 0 Å². The zero-order chi connectivity index (χ0) is 15.2. The Balaban J connectivity index is 1.67. The molecule has 0 radical (unpaired) electrons. The molecule has 1 aliphatic carbocycles. The average molecular weight is 299 g/mol. The van der Waals surface area contributed by atoms with Crippen molar-refractivity contribution in [2.24, 2.45) is 5.73 Å². The fourth-order valence-electron chi connectivity index (χ4n) is 2.80. The van der Waals surface area contributed by atoms with Crippen LogP contribution in [0.15, 0.2) is 22.7 Å². The summed E-state index contributed by atoms with van der Waals surface area (Å²) in [5, 5.41) is 4.04. The lowest BCUT2D eigenvalue weighted by Gasteiger charge is -2.34. The SMILES string of the molecule is COc1cccc2c1OCC(c1nc(C3(N)CCC3)no1)=C2. The summed E-state index contributed by atoms with van der Waals surface area (Å²) >= 11 is 0. The Kier molecular flexibility index (Phi) is 2.94. The molecule has 1 aromatic carbocycles. The van der Waals surface area contributed by atoms with E-state index < -0.39 is 5.54 Å². The third kappa shape index (κ3) is 1.99. The standard InChI is InChI=1S/C16H17N3O3/c1-20-12-5-2-4-10-8-11(9-21-13(10)12)14-18-15(19-22-14)16(17)6-3-7-16/h2,4-5,8H,3,6-7,9,17H2,1H3. The molecular formula is C16H17N3O3. The van der Waals surface area contributed by atoms with Gasteiger partial charge in [-0.25, -0.2) is 0 Å². The number of hydrogen-bond donors (Lipinski definition) is 1. The maximum atomic E-state index is 6.23. The predicted molar refractivity (Wildman–Crippen MR) is 80.4 cm³/mol. The van der Waals surface area contributed by atoms with Crippen LogP contribution in [0.2, 0.25) is 0 Å². The number of nitrogens with two attached hydrogens (primary N) is 1. The van der Waals surface area contributed by atoms with Crippen molar-refractivity contribution in [1.29, 1.82) is 0 Å². The van der Waals surface area contributed by atoms with E-state index in [2.05, 4.69) is 10.1 Å². The zero-order valence-corrected chi connectivity index (χ0v) is 12.3. The first kappa shape index (κ1) is 13.3. The minimum atomic E-state index is -0.418. The van der Waals surface area contributed by atoms with Gasteiger partial charge < -0.3 is 19.7 Å². The van der Waals surface area contributed by atoms with Crippen LogP contribution in [0.25, 0.3) is 11.6 Å². The van der Waals surface area contributed by atoms with Crippen molar-refractivity contribution in [3.05, 3.63) is 35.5 Å². The second kappa shape index (κ2) is 4.84. The van der Waals surface area contributed by atoms with E-state index in [0.29, 0.717) is 18.3 Å². The van der Waals surface area contributed by atoms with Crippen LogP contribution in [-0.4, -0.2) is 23.9 Å². The van der Waals surface area contributed by atoms with E-state index in [0.717, 1.165) is 41.9 Å². The molecule has 0 saturated heterocycles. The minimum Gasteiger partial charge on any atom is -0.493 e. The number of fused-ring (bicyclic) bond motifs is 1. The molecule has 0 atom stereocenters. The summed E-state index contributed by atoms with van der Waals surface area (Å²) in [5.74, 6) is 2.52. The largest absolute Gasteiger partial charge is 0.493 e. The summed E-state index contributed by atoms with van der Waals surface area (Å²) in [5.41, 5.74) is 7.60. The first-order valence-corrected chi connectivity index (χ1v) is 7.33. The number of para-hydroxylation sites is 1. The summed E-state index contributed by atoms with van der Waals surface area (Å²) in [6.07, 6.45) is 4.91. The van der Waals surface area contributed by atoms with Gasteiger partial charge in [-0.1, -0.05) is 17.3 Å². The molecule has 2 N–H and O–H groups in total. The number of rotatable bonds is 3. The zero-order valence-electron chi connectivity index (χ0n) is 12.3. The Labute approximate surface area is 127 Å². The lowest BCUT2D eigenvalue weighted by atomic mass is 9.77. The third-order valence-electron chi connectivity index (χ3n) is 4.32. The van der Waals surface area contributed by atoms with Gasteiger partial charge in [0, 0.05) is 5.56 Å². The van der Waals surface area contributed by atoms with E-state index in [9.17, 15) is 0 Å². The summed E-state index contributed by atoms with van der Waals surface area (Å²) in [6, 6.07) is 5.75. The van der Waals surface area contributed by atoms with E-state index in [-0.39, 0.29) is 0 Å². The van der Waals surface area contributed by atoms with E-state index >= 15 is 0 Å². The monoisotopic (exact) mass is 299 g/mol. The Morgan fingerprint density at radius 3 is 2.91 bits per heavy atom. The first-order chi connectivity index (χ1) is 10.7. The number of benzene rings is 1. The molecule has 2 heterocycles. The Bertz CT molecular complexity index is 747. The second-order valence-corrected chi connectivity index (χ2v) is 5.77. The minimum absolute atomic E-state index is 0.368. The van der Waals surface area contributed by atoms with Crippen LogP contribution < -0.4 is 15.2 Å². The Hall–Kier alpha value is -2.34. The van der Waals surface area contributed by atoms with Crippen molar-refractivity contribution in [1.82, 2.24) is 10.1 Å². The summed E-state index contributed by atoms with van der Waals surface area (Å²) < 4.78 is 16.5. The molecule has 4 rings (SSSR count). The van der Waals surface area contributed by atoms with Gasteiger partial charge in [0.25, 0.3) is 5.89 Å². The smallest absolute Gasteiger partial charge is 0.257 e. The highest BCUT2D eigenvalue weighted by atomic mass is 16.5. The van der Waals surface area contributed by atoms with E-state index in [1.807, 2.05) is 24.3 Å². The van der Waals surface area contributed by atoms with Crippen LogP contribution in [0.5, 0.6) is 11.5 Å². The molecule has 114 valence electrons. The molecule has 6 nitrogen and oxygen atoms in total. The van der Waals surface area contributed by atoms with Gasteiger partial charge in [0.15, 0.2) is 17.3 Å². The maximum absolute atomic E-state index is 6.23. The van der Waals surface area contributed by atoms with Crippen LogP contribution in [0.1, 0.15) is 36.5 Å². The van der Waals surface area contributed by atoms with Gasteiger partial charge >= 0.3 is 0 Å². The maximum Gasteiger partial charge on any atom is 0.257 e. The number of methoxy groups -OCH3 is 1. The van der Waals surface area contributed by atoms with Crippen molar-refractivity contribution in [2.45, 2.75) is 24.8 Å². The van der Waals surface area contributed by atoms with Crippen LogP contribution in [0.3, 0.4) is 0 Å². The number of ether oxygens (including phenoxy) is 2. The van der Waals surface area contributed by atoms with Crippen LogP contribution in [0.4, 0.5) is 0 Å². The highest BCUT2D eigenvalue weighted by Crippen LogP contribution is 2.39. The summed E-state index contributed by atoms with van der Waals surface area (Å²) in [7, 11) is 1.63. The molecule has 1 saturated carbocycles. The van der Waals surface area contributed by atoms with Gasteiger partial charge in [0.05, 0.1) is 18.2 Å². The van der Waals surface area contributed by atoms with Gasteiger partial charge in [-0.15, -0.1) is 0 Å². The van der Waals surface area contributed by atoms with Gasteiger partial charge in [0.2, 0.25) is 0 Å². The van der Waals surface area contributed by atoms with E-state index in [1.165, 1.54) is 0 Å². The Morgan fingerprint density at radius 1 is 1.32 bits per heavy atom. The quantitative estimate of drug-likeness (QED) is 0.936. The topological polar surface area (TPSA) is 83.4 Å².